The van der Waals surface area contributed by atoms with Gasteiger partial charge in [0.15, 0.2) is 0 Å². The van der Waals surface area contributed by atoms with Crippen LogP contribution >= 0.6 is 0 Å². The molecule has 0 aromatic rings. The van der Waals surface area contributed by atoms with E-state index in [-0.39, 0.29) is 19.5 Å². The van der Waals surface area contributed by atoms with Gasteiger partial charge in [-0.1, -0.05) is 0 Å². The summed E-state index contributed by atoms with van der Waals surface area (Å²) in [6.07, 6.45) is 1.83. The van der Waals surface area contributed by atoms with E-state index >= 15 is 0 Å². The van der Waals surface area contributed by atoms with Crippen LogP contribution < -0.4 is 0 Å². The van der Waals surface area contributed by atoms with Gasteiger partial charge in [0.05, 0.1) is 0 Å². The van der Waals surface area contributed by atoms with Gasteiger partial charge in [-0.25, -0.2) is 0 Å². The van der Waals surface area contributed by atoms with Crippen LogP contribution in [0.4, 0.5) is 0 Å². The van der Waals surface area contributed by atoms with Crippen LogP contribution in [0.5, 0.6) is 0 Å². The summed E-state index contributed by atoms with van der Waals surface area (Å²) < 4.78 is 0. The molecule has 0 saturated carbocycles. The van der Waals surface area contributed by atoms with Gasteiger partial charge in [0.1, 0.15) is 0 Å². The molecule has 0 amide bonds. The number of nitrogens with zero attached hydrogens (tertiary/aromatic N) is 1. The van der Waals surface area contributed by atoms with Crippen molar-refractivity contribution < 1.29 is 19.5 Å². The second-order valence-electron chi connectivity index (χ2n) is 0.342. The molecule has 0 saturated heterocycles. The summed E-state index contributed by atoms with van der Waals surface area (Å²) in [5, 5.41) is 7.57. The molecule has 0 aliphatic rings. The standard InChI is InChI=1S/C3H3N.Rh/c1-2-3-4;/h1-3H;/q-2;+2. The monoisotopic (exact) mass is 156 g/mol. The molecule has 1 nitrogen and oxygen atoms in total. The Kier molecular flexibility index (Phi) is 16.0. The van der Waals surface area contributed by atoms with Crippen molar-refractivity contribution in [1.29, 1.82) is 0 Å². The molecular weight excluding hydrogens is 153 g/mol. The molecule has 0 spiro atoms. The van der Waals surface area contributed by atoms with Gasteiger partial charge in [0.25, 0.3) is 0 Å². The molecule has 0 aromatic heterocycles. The van der Waals surface area contributed by atoms with Crippen LogP contribution in [0, 0.1) is 6.58 Å². The van der Waals surface area contributed by atoms with Crippen LogP contribution in [0.3, 0.4) is 0 Å². The Bertz CT molecular complexity index is 27.9. The average molecular weight is 156 g/mol. The first-order valence-electron chi connectivity index (χ1n) is 0.925. The van der Waals surface area contributed by atoms with Crippen molar-refractivity contribution in [2.45, 2.75) is 0 Å². The smallest absolute Gasteiger partial charge is 0.911 e. The maximum atomic E-state index is 7.57. The minimum atomic E-state index is 0. The summed E-state index contributed by atoms with van der Waals surface area (Å²) in [5.74, 6) is 0. The topological polar surface area (TPSA) is 22.3 Å². The molecule has 0 aromatic carbocycles. The van der Waals surface area contributed by atoms with Crippen molar-refractivity contribution in [2.24, 2.45) is 0 Å². The van der Waals surface area contributed by atoms with Crippen molar-refractivity contribution in [2.75, 3.05) is 0 Å². The maximum Gasteiger partial charge on any atom is 2.00 e. The normalized spacial score (nSPS) is 4.00. The van der Waals surface area contributed by atoms with E-state index in [1.807, 2.05) is 0 Å². The molecule has 0 aliphatic carbocycles. The third-order valence-corrected chi connectivity index (χ3v) is 0.0861. The average Bonchev–Trinajstić information content (AvgIpc) is 1.37. The first-order chi connectivity index (χ1) is 1.91. The zero-order valence-corrected chi connectivity index (χ0v) is 4.15. The third-order valence-electron chi connectivity index (χ3n) is 0.0861. The first kappa shape index (κ1) is 8.90. The van der Waals surface area contributed by atoms with Gasteiger partial charge >= 0.3 is 19.5 Å². The molecule has 0 rings (SSSR count). The molecule has 5 heavy (non-hydrogen) atoms. The van der Waals surface area contributed by atoms with E-state index in [4.69, 9.17) is 5.41 Å². The fraction of sp³-hybridized carbons (Fsp3) is 0. The van der Waals surface area contributed by atoms with Gasteiger partial charge in [-0.3, -0.25) is 12.7 Å². The van der Waals surface area contributed by atoms with Crippen LogP contribution in [0.2, 0.25) is 0 Å². The van der Waals surface area contributed by atoms with Gasteiger partial charge in [-0.05, 0) is 0 Å². The molecule has 0 N–H and O–H groups in total. The van der Waals surface area contributed by atoms with E-state index in [0.29, 0.717) is 0 Å². The van der Waals surface area contributed by atoms with Crippen LogP contribution in [0.25, 0.3) is 5.41 Å². The number of hydrogen-bond donors (Lipinski definition) is 0. The molecule has 29 valence electrons. The van der Waals surface area contributed by atoms with Crippen LogP contribution in [-0.2, 0) is 19.5 Å². The molecular formula is C3H3NRh. The summed E-state index contributed by atoms with van der Waals surface area (Å²) in [4.78, 5) is 0. The van der Waals surface area contributed by atoms with Crippen molar-refractivity contribution in [3.63, 3.8) is 0 Å². The van der Waals surface area contributed by atoms with E-state index < -0.39 is 0 Å². The summed E-state index contributed by atoms with van der Waals surface area (Å²) >= 11 is 0. The summed E-state index contributed by atoms with van der Waals surface area (Å²) in [5.41, 5.74) is 0. The van der Waals surface area contributed by atoms with E-state index in [0.717, 1.165) is 12.3 Å². The maximum absolute atomic E-state index is 7.57. The van der Waals surface area contributed by atoms with Gasteiger partial charge in [-0.2, -0.15) is 0 Å². The molecule has 0 unspecified atom stereocenters. The van der Waals surface area contributed by atoms with Gasteiger partial charge in [0.2, 0.25) is 0 Å². The third kappa shape index (κ3) is 15.6. The van der Waals surface area contributed by atoms with Crippen molar-refractivity contribution in [3.8, 4) is 0 Å². The second kappa shape index (κ2) is 8.98. The van der Waals surface area contributed by atoms with Crippen LogP contribution in [-0.4, -0.2) is 6.21 Å². The Morgan fingerprint density at radius 2 is 1.80 bits per heavy atom. The molecule has 0 fully saturated rings. The van der Waals surface area contributed by atoms with Crippen LogP contribution in [0.1, 0.15) is 0 Å². The largest absolute Gasteiger partial charge is 2.00 e. The van der Waals surface area contributed by atoms with Crippen molar-refractivity contribution >= 4 is 6.21 Å². The second-order valence-corrected chi connectivity index (χ2v) is 0.342. The summed E-state index contributed by atoms with van der Waals surface area (Å²) in [6.45, 7) is 4.60. The van der Waals surface area contributed by atoms with Crippen molar-refractivity contribution in [3.05, 3.63) is 18.1 Å². The first-order valence-corrected chi connectivity index (χ1v) is 0.925. The van der Waals surface area contributed by atoms with Gasteiger partial charge in [-0.15, -0.1) is 0 Å². The minimum Gasteiger partial charge on any atom is -0.911 e. The Labute approximate surface area is 44.3 Å². The quantitative estimate of drug-likeness (QED) is 0.301. The molecule has 0 aliphatic heterocycles. The zero-order valence-electron chi connectivity index (χ0n) is 2.51. The Morgan fingerprint density at radius 1 is 1.60 bits per heavy atom. The SMILES string of the molecule is [CH-]=CC=[N-].[Rh+2]. The predicted octanol–water partition coefficient (Wildman–Crippen LogP) is 0.613. The van der Waals surface area contributed by atoms with E-state index in [9.17, 15) is 0 Å². The Balaban J connectivity index is 0. The summed E-state index contributed by atoms with van der Waals surface area (Å²) in [6, 6.07) is 0. The molecule has 0 bridgehead atoms. The predicted molar refractivity (Wildman–Crippen MR) is 18.3 cm³/mol. The number of allylic oxidation sites excluding steroid dienone is 1. The summed E-state index contributed by atoms with van der Waals surface area (Å²) in [7, 11) is 0. The Hall–Kier alpha value is 0.0334. The van der Waals surface area contributed by atoms with E-state index in [2.05, 4.69) is 6.58 Å². The fourth-order valence-corrected chi connectivity index (χ4v) is 0. The van der Waals surface area contributed by atoms with Gasteiger partial charge in [0, 0.05) is 0 Å². The molecule has 1 radical (unpaired) electrons. The van der Waals surface area contributed by atoms with Gasteiger partial charge < -0.3 is 11.6 Å². The van der Waals surface area contributed by atoms with E-state index in [1.54, 1.807) is 0 Å². The van der Waals surface area contributed by atoms with Crippen LogP contribution in [0.15, 0.2) is 6.08 Å². The minimum absolute atomic E-state index is 0. The molecule has 2 heteroatoms. The number of hydrogen-bond acceptors (Lipinski definition) is 0. The zero-order chi connectivity index (χ0) is 3.41. The molecule has 0 atom stereocenters. The van der Waals surface area contributed by atoms with E-state index in [1.165, 1.54) is 0 Å². The molecule has 0 heterocycles. The fourth-order valence-electron chi connectivity index (χ4n) is 0. The van der Waals surface area contributed by atoms with Crippen molar-refractivity contribution in [1.82, 2.24) is 0 Å². The number of rotatable bonds is 1. The Morgan fingerprint density at radius 3 is 1.80 bits per heavy atom.